The molecule has 1 amide bonds. The van der Waals surface area contributed by atoms with Gasteiger partial charge in [-0.3, -0.25) is 24.4 Å². The van der Waals surface area contributed by atoms with Crippen LogP contribution in [0.15, 0.2) is 29.3 Å². The van der Waals surface area contributed by atoms with Crippen molar-refractivity contribution in [3.8, 4) is 0 Å². The van der Waals surface area contributed by atoms with Crippen molar-refractivity contribution in [3.63, 3.8) is 0 Å². The van der Waals surface area contributed by atoms with Gasteiger partial charge in [0.1, 0.15) is 5.82 Å². The predicted octanol–water partition coefficient (Wildman–Crippen LogP) is 2.16. The minimum absolute atomic E-state index is 0.0490. The summed E-state index contributed by atoms with van der Waals surface area (Å²) >= 11 is 0. The topological polar surface area (TPSA) is 79.8 Å². The lowest BCUT2D eigenvalue weighted by Crippen LogP contribution is -2.27. The van der Waals surface area contributed by atoms with Gasteiger partial charge in [-0.25, -0.2) is 0 Å². The van der Waals surface area contributed by atoms with Gasteiger partial charge in [0, 0.05) is 24.7 Å². The fourth-order valence-electron chi connectivity index (χ4n) is 3.69. The normalized spacial score (nSPS) is 21.6. The van der Waals surface area contributed by atoms with Gasteiger partial charge in [-0.1, -0.05) is 18.9 Å². The monoisotopic (exact) mass is 298 g/mol. The molecular weight excluding hydrogens is 280 g/mol. The van der Waals surface area contributed by atoms with Crippen molar-refractivity contribution in [2.45, 2.75) is 44.1 Å². The summed E-state index contributed by atoms with van der Waals surface area (Å²) in [6.45, 7) is 0. The van der Waals surface area contributed by atoms with Gasteiger partial charge in [-0.2, -0.15) is 0 Å². The Morgan fingerprint density at radius 2 is 2.05 bits per heavy atom. The first-order chi connectivity index (χ1) is 10.7. The fraction of sp³-hybridized carbons (Fsp3) is 0.438. The second-order valence-electron chi connectivity index (χ2n) is 6.10. The highest BCUT2D eigenvalue weighted by Gasteiger charge is 2.34. The number of anilines is 1. The largest absolute Gasteiger partial charge is 0.311 e. The molecule has 22 heavy (non-hydrogen) atoms. The van der Waals surface area contributed by atoms with Gasteiger partial charge in [0.2, 0.25) is 5.91 Å². The molecule has 2 aliphatic rings. The molecule has 2 aromatic rings. The van der Waals surface area contributed by atoms with Crippen LogP contribution in [0.5, 0.6) is 0 Å². The van der Waals surface area contributed by atoms with Crippen LogP contribution in [0, 0.1) is 0 Å². The van der Waals surface area contributed by atoms with Gasteiger partial charge in [-0.05, 0) is 24.5 Å². The number of hydrogen-bond donors (Lipinski definition) is 2. The van der Waals surface area contributed by atoms with Crippen LogP contribution < -0.4 is 10.9 Å². The van der Waals surface area contributed by atoms with E-state index in [1.165, 1.54) is 12.8 Å². The van der Waals surface area contributed by atoms with E-state index >= 15 is 0 Å². The van der Waals surface area contributed by atoms with Crippen LogP contribution in [0.3, 0.4) is 0 Å². The molecule has 0 spiro atoms. The summed E-state index contributed by atoms with van der Waals surface area (Å²) in [5, 5.41) is 5.84. The molecule has 1 fully saturated rings. The maximum atomic E-state index is 12.5. The number of aromatic nitrogens is 3. The number of amides is 1. The zero-order valence-corrected chi connectivity index (χ0v) is 12.2. The van der Waals surface area contributed by atoms with Crippen LogP contribution in [-0.2, 0) is 4.79 Å². The molecule has 0 unspecified atom stereocenters. The van der Waals surface area contributed by atoms with E-state index in [-0.39, 0.29) is 29.8 Å². The van der Waals surface area contributed by atoms with E-state index in [0.29, 0.717) is 11.4 Å². The predicted molar refractivity (Wildman–Crippen MR) is 81.9 cm³/mol. The van der Waals surface area contributed by atoms with Crippen molar-refractivity contribution in [3.05, 3.63) is 46.0 Å². The van der Waals surface area contributed by atoms with Crippen molar-refractivity contribution in [2.24, 2.45) is 0 Å². The Bertz CT molecular complexity index is 756. The molecule has 1 atom stereocenters. The van der Waals surface area contributed by atoms with E-state index in [1.54, 1.807) is 12.4 Å². The SMILES string of the molecule is O=C1C[C@H](c2cccnc2)c2c(n(C3CCCC3)[nH]c2=O)N1. The van der Waals surface area contributed by atoms with E-state index in [9.17, 15) is 9.59 Å². The van der Waals surface area contributed by atoms with Crippen LogP contribution in [0.25, 0.3) is 0 Å². The zero-order valence-electron chi connectivity index (χ0n) is 12.2. The molecule has 6 heteroatoms. The van der Waals surface area contributed by atoms with Gasteiger partial charge < -0.3 is 5.32 Å². The minimum Gasteiger partial charge on any atom is -0.311 e. The minimum atomic E-state index is -0.219. The third-order valence-corrected chi connectivity index (χ3v) is 4.74. The Kier molecular flexibility index (Phi) is 3.10. The number of pyridine rings is 1. The van der Waals surface area contributed by atoms with Crippen molar-refractivity contribution in [1.29, 1.82) is 0 Å². The van der Waals surface area contributed by atoms with E-state index < -0.39 is 0 Å². The summed E-state index contributed by atoms with van der Waals surface area (Å²) in [5.74, 6) is 0.387. The van der Waals surface area contributed by atoms with E-state index in [1.807, 2.05) is 16.8 Å². The number of rotatable bonds is 2. The number of carbonyl (C=O) groups is 1. The Balaban J connectivity index is 1.84. The third kappa shape index (κ3) is 2.06. The summed E-state index contributed by atoms with van der Waals surface area (Å²) in [6.07, 6.45) is 8.14. The van der Waals surface area contributed by atoms with Crippen molar-refractivity contribution in [1.82, 2.24) is 14.8 Å². The zero-order chi connectivity index (χ0) is 15.1. The Morgan fingerprint density at radius 3 is 2.77 bits per heavy atom. The number of nitrogens with one attached hydrogen (secondary N) is 2. The molecule has 1 aliphatic heterocycles. The molecule has 2 aromatic heterocycles. The molecule has 0 radical (unpaired) electrons. The summed E-state index contributed by atoms with van der Waals surface area (Å²) in [6, 6.07) is 4.04. The lowest BCUT2D eigenvalue weighted by molar-refractivity contribution is -0.116. The van der Waals surface area contributed by atoms with Gasteiger partial charge in [-0.15, -0.1) is 0 Å². The van der Waals surface area contributed by atoms with Gasteiger partial charge in [0.15, 0.2) is 0 Å². The highest BCUT2D eigenvalue weighted by Crippen LogP contribution is 2.38. The fourth-order valence-corrected chi connectivity index (χ4v) is 3.69. The maximum absolute atomic E-state index is 12.5. The van der Waals surface area contributed by atoms with Crippen molar-refractivity contribution in [2.75, 3.05) is 5.32 Å². The summed E-state index contributed by atoms with van der Waals surface area (Å²) in [4.78, 5) is 28.7. The Hall–Kier alpha value is -2.37. The molecule has 1 saturated carbocycles. The van der Waals surface area contributed by atoms with Crippen LogP contribution >= 0.6 is 0 Å². The molecule has 2 N–H and O–H groups in total. The average molecular weight is 298 g/mol. The summed E-state index contributed by atoms with van der Waals surface area (Å²) < 4.78 is 1.88. The highest BCUT2D eigenvalue weighted by molar-refractivity contribution is 5.94. The molecule has 0 aromatic carbocycles. The molecule has 3 heterocycles. The first kappa shape index (κ1) is 13.3. The van der Waals surface area contributed by atoms with Crippen LogP contribution in [0.1, 0.15) is 55.2 Å². The molecular formula is C16H18N4O2. The molecule has 4 rings (SSSR count). The van der Waals surface area contributed by atoms with Crippen LogP contribution in [0.2, 0.25) is 0 Å². The second-order valence-corrected chi connectivity index (χ2v) is 6.10. The molecule has 0 saturated heterocycles. The Morgan fingerprint density at radius 1 is 1.23 bits per heavy atom. The lowest BCUT2D eigenvalue weighted by Gasteiger charge is -2.24. The van der Waals surface area contributed by atoms with Crippen molar-refractivity contribution < 1.29 is 4.79 Å². The van der Waals surface area contributed by atoms with Gasteiger partial charge in [0.05, 0.1) is 11.6 Å². The standard InChI is InChI=1S/C16H18N4O2/c21-13-8-12(10-4-3-7-17-9-10)14-15(18-13)20(19-16(14)22)11-5-1-2-6-11/h3-4,7,9,11-12H,1-2,5-6,8H2,(H,18,21)(H,19,22)/t12-/m1/s1. The number of aromatic amines is 1. The number of hydrogen-bond acceptors (Lipinski definition) is 3. The molecule has 114 valence electrons. The summed E-state index contributed by atoms with van der Waals surface area (Å²) in [7, 11) is 0. The number of fused-ring (bicyclic) bond motifs is 1. The van der Waals surface area contributed by atoms with Crippen LogP contribution in [-0.4, -0.2) is 20.7 Å². The number of nitrogens with zero attached hydrogens (tertiary/aromatic N) is 2. The lowest BCUT2D eigenvalue weighted by atomic mass is 9.88. The van der Waals surface area contributed by atoms with E-state index in [4.69, 9.17) is 0 Å². The molecule has 0 bridgehead atoms. The number of H-pyrrole nitrogens is 1. The molecule has 6 nitrogen and oxygen atoms in total. The van der Waals surface area contributed by atoms with Gasteiger partial charge in [0.25, 0.3) is 5.56 Å². The first-order valence-corrected chi connectivity index (χ1v) is 7.78. The number of carbonyl (C=O) groups excluding carboxylic acids is 1. The van der Waals surface area contributed by atoms with Crippen LogP contribution in [0.4, 0.5) is 5.82 Å². The smallest absolute Gasteiger partial charge is 0.270 e. The van der Waals surface area contributed by atoms with Gasteiger partial charge >= 0.3 is 0 Å². The quantitative estimate of drug-likeness (QED) is 0.891. The third-order valence-electron chi connectivity index (χ3n) is 4.74. The van der Waals surface area contributed by atoms with E-state index in [0.717, 1.165) is 18.4 Å². The molecule has 1 aliphatic carbocycles. The van der Waals surface area contributed by atoms with E-state index in [2.05, 4.69) is 15.4 Å². The average Bonchev–Trinajstić information content (AvgIpc) is 3.16. The maximum Gasteiger partial charge on any atom is 0.270 e. The second kappa shape index (κ2) is 5.12. The Labute approximate surface area is 127 Å². The first-order valence-electron chi connectivity index (χ1n) is 7.78. The summed E-state index contributed by atoms with van der Waals surface area (Å²) in [5.41, 5.74) is 1.48. The van der Waals surface area contributed by atoms with Crippen molar-refractivity contribution >= 4 is 11.7 Å². The highest BCUT2D eigenvalue weighted by atomic mass is 16.2.